The molecule has 1 aromatic rings. The molecule has 3 rings (SSSR count). The van der Waals surface area contributed by atoms with E-state index in [-0.39, 0.29) is 17.4 Å². The number of amides is 2. The van der Waals surface area contributed by atoms with Gasteiger partial charge in [0.05, 0.1) is 5.56 Å². The summed E-state index contributed by atoms with van der Waals surface area (Å²) in [6.45, 7) is 1.72. The van der Waals surface area contributed by atoms with Crippen LogP contribution in [0.25, 0.3) is 0 Å². The number of piperazine rings is 1. The van der Waals surface area contributed by atoms with Gasteiger partial charge in [0.2, 0.25) is 5.91 Å². The van der Waals surface area contributed by atoms with Crippen LogP contribution in [0, 0.1) is 17.6 Å². The monoisotopic (exact) mass is 294 g/mol. The van der Waals surface area contributed by atoms with Crippen molar-refractivity contribution in [3.05, 3.63) is 35.4 Å². The summed E-state index contributed by atoms with van der Waals surface area (Å²) in [5.41, 5.74) is -0.127. The zero-order valence-electron chi connectivity index (χ0n) is 11.5. The molecule has 0 unspecified atom stereocenters. The molecule has 6 heteroatoms. The number of halogens is 2. The number of carbonyl (C=O) groups is 2. The van der Waals surface area contributed by atoms with E-state index in [1.807, 2.05) is 0 Å². The van der Waals surface area contributed by atoms with Crippen LogP contribution in [0.5, 0.6) is 0 Å². The van der Waals surface area contributed by atoms with E-state index in [0.29, 0.717) is 32.2 Å². The molecule has 2 amide bonds. The van der Waals surface area contributed by atoms with E-state index in [4.69, 9.17) is 0 Å². The van der Waals surface area contributed by atoms with Crippen molar-refractivity contribution in [3.8, 4) is 0 Å². The molecule has 1 aromatic carbocycles. The Morgan fingerprint density at radius 3 is 2.19 bits per heavy atom. The standard InChI is InChI=1S/C15H16F2N2O2/c16-11-3-4-12(13(17)9-11)15(21)19-7-5-18(6-8-19)14(20)10-1-2-10/h3-4,9-10H,1-2,5-8H2. The minimum absolute atomic E-state index is 0.127. The average Bonchev–Trinajstić information content (AvgIpc) is 3.31. The normalized spacial score (nSPS) is 18.8. The van der Waals surface area contributed by atoms with Crippen LogP contribution in [0.2, 0.25) is 0 Å². The van der Waals surface area contributed by atoms with Crippen LogP contribution in [-0.4, -0.2) is 47.8 Å². The van der Waals surface area contributed by atoms with Crippen LogP contribution < -0.4 is 0 Å². The van der Waals surface area contributed by atoms with E-state index >= 15 is 0 Å². The molecular weight excluding hydrogens is 278 g/mol. The summed E-state index contributed by atoms with van der Waals surface area (Å²) in [4.78, 5) is 27.4. The van der Waals surface area contributed by atoms with Gasteiger partial charge in [-0.25, -0.2) is 8.78 Å². The molecule has 1 saturated heterocycles. The van der Waals surface area contributed by atoms with Crippen molar-refractivity contribution < 1.29 is 18.4 Å². The molecule has 0 spiro atoms. The zero-order valence-corrected chi connectivity index (χ0v) is 11.5. The second-order valence-electron chi connectivity index (χ2n) is 5.52. The summed E-state index contributed by atoms with van der Waals surface area (Å²) >= 11 is 0. The van der Waals surface area contributed by atoms with Crippen molar-refractivity contribution in [2.45, 2.75) is 12.8 Å². The van der Waals surface area contributed by atoms with Crippen LogP contribution >= 0.6 is 0 Å². The van der Waals surface area contributed by atoms with Gasteiger partial charge in [-0.1, -0.05) is 0 Å². The summed E-state index contributed by atoms with van der Waals surface area (Å²) in [5.74, 6) is -1.68. The number of benzene rings is 1. The lowest BCUT2D eigenvalue weighted by Gasteiger charge is -2.35. The maximum absolute atomic E-state index is 13.6. The summed E-state index contributed by atoms with van der Waals surface area (Å²) < 4.78 is 26.5. The van der Waals surface area contributed by atoms with Gasteiger partial charge in [0.1, 0.15) is 11.6 Å². The third-order valence-corrected chi connectivity index (χ3v) is 3.97. The highest BCUT2D eigenvalue weighted by atomic mass is 19.1. The van der Waals surface area contributed by atoms with Crippen LogP contribution in [-0.2, 0) is 4.79 Å². The molecule has 2 aliphatic rings. The van der Waals surface area contributed by atoms with Crippen LogP contribution in [0.15, 0.2) is 18.2 Å². The zero-order chi connectivity index (χ0) is 15.0. The number of nitrogens with zero attached hydrogens (tertiary/aromatic N) is 2. The molecule has 1 aliphatic heterocycles. The van der Waals surface area contributed by atoms with E-state index < -0.39 is 17.5 Å². The second kappa shape index (κ2) is 5.42. The van der Waals surface area contributed by atoms with Crippen molar-refractivity contribution >= 4 is 11.8 Å². The Labute approximate surface area is 121 Å². The van der Waals surface area contributed by atoms with Crippen molar-refractivity contribution in [2.75, 3.05) is 26.2 Å². The number of hydrogen-bond acceptors (Lipinski definition) is 2. The molecule has 0 atom stereocenters. The third-order valence-electron chi connectivity index (χ3n) is 3.97. The molecule has 2 fully saturated rings. The second-order valence-corrected chi connectivity index (χ2v) is 5.52. The smallest absolute Gasteiger partial charge is 0.256 e. The predicted molar refractivity (Wildman–Crippen MR) is 71.6 cm³/mol. The first-order chi connectivity index (χ1) is 10.1. The summed E-state index contributed by atoms with van der Waals surface area (Å²) in [5, 5.41) is 0. The summed E-state index contributed by atoms with van der Waals surface area (Å²) in [6, 6.07) is 2.94. The molecular formula is C15H16F2N2O2. The molecule has 0 N–H and O–H groups in total. The Bertz CT molecular complexity index is 579. The first-order valence-electron chi connectivity index (χ1n) is 7.09. The van der Waals surface area contributed by atoms with Gasteiger partial charge in [-0.05, 0) is 25.0 Å². The van der Waals surface area contributed by atoms with Crippen LogP contribution in [0.1, 0.15) is 23.2 Å². The highest BCUT2D eigenvalue weighted by Crippen LogP contribution is 2.31. The molecule has 112 valence electrons. The predicted octanol–water partition coefficient (Wildman–Crippen LogP) is 1.66. The Morgan fingerprint density at radius 2 is 1.62 bits per heavy atom. The van der Waals surface area contributed by atoms with E-state index in [1.54, 1.807) is 4.90 Å². The maximum atomic E-state index is 13.6. The number of hydrogen-bond donors (Lipinski definition) is 0. The fraction of sp³-hybridized carbons (Fsp3) is 0.467. The lowest BCUT2D eigenvalue weighted by Crippen LogP contribution is -2.51. The Morgan fingerprint density at radius 1 is 1.00 bits per heavy atom. The fourth-order valence-corrected chi connectivity index (χ4v) is 2.55. The SMILES string of the molecule is O=C(c1ccc(F)cc1F)N1CCN(C(=O)C2CC2)CC1. The molecule has 1 saturated carbocycles. The molecule has 0 aromatic heterocycles. The van der Waals surface area contributed by atoms with Crippen molar-refractivity contribution in [2.24, 2.45) is 5.92 Å². The van der Waals surface area contributed by atoms with Gasteiger partial charge in [-0.3, -0.25) is 9.59 Å². The molecule has 4 nitrogen and oxygen atoms in total. The van der Waals surface area contributed by atoms with Gasteiger partial charge in [0, 0.05) is 38.2 Å². The minimum Gasteiger partial charge on any atom is -0.339 e. The molecule has 0 radical (unpaired) electrons. The van der Waals surface area contributed by atoms with Gasteiger partial charge >= 0.3 is 0 Å². The number of rotatable bonds is 2. The summed E-state index contributed by atoms with van der Waals surface area (Å²) in [7, 11) is 0. The third kappa shape index (κ3) is 2.89. The summed E-state index contributed by atoms with van der Waals surface area (Å²) in [6.07, 6.45) is 1.91. The van der Waals surface area contributed by atoms with Crippen molar-refractivity contribution in [3.63, 3.8) is 0 Å². The molecule has 1 aliphatic carbocycles. The van der Waals surface area contributed by atoms with Gasteiger partial charge in [-0.15, -0.1) is 0 Å². The van der Waals surface area contributed by atoms with E-state index in [9.17, 15) is 18.4 Å². The quantitative estimate of drug-likeness (QED) is 0.832. The number of carbonyl (C=O) groups excluding carboxylic acids is 2. The lowest BCUT2D eigenvalue weighted by molar-refractivity contribution is -0.134. The largest absolute Gasteiger partial charge is 0.339 e. The maximum Gasteiger partial charge on any atom is 0.256 e. The lowest BCUT2D eigenvalue weighted by atomic mass is 10.1. The first kappa shape index (κ1) is 14.0. The van der Waals surface area contributed by atoms with Gasteiger partial charge in [0.25, 0.3) is 5.91 Å². The van der Waals surface area contributed by atoms with Gasteiger partial charge < -0.3 is 9.80 Å². The van der Waals surface area contributed by atoms with E-state index in [1.165, 1.54) is 4.90 Å². The van der Waals surface area contributed by atoms with Crippen molar-refractivity contribution in [1.82, 2.24) is 9.80 Å². The Kier molecular flexibility index (Phi) is 3.61. The molecule has 21 heavy (non-hydrogen) atoms. The highest BCUT2D eigenvalue weighted by molar-refractivity contribution is 5.94. The van der Waals surface area contributed by atoms with Gasteiger partial charge in [-0.2, -0.15) is 0 Å². The Balaban J connectivity index is 1.63. The molecule has 0 bridgehead atoms. The first-order valence-corrected chi connectivity index (χ1v) is 7.09. The van der Waals surface area contributed by atoms with Crippen LogP contribution in [0.4, 0.5) is 8.78 Å². The topological polar surface area (TPSA) is 40.6 Å². The molecule has 1 heterocycles. The minimum atomic E-state index is -0.850. The van der Waals surface area contributed by atoms with Crippen LogP contribution in [0.3, 0.4) is 0 Å². The fourth-order valence-electron chi connectivity index (χ4n) is 2.55. The average molecular weight is 294 g/mol. The van der Waals surface area contributed by atoms with E-state index in [0.717, 1.165) is 25.0 Å². The highest BCUT2D eigenvalue weighted by Gasteiger charge is 2.35. The Hall–Kier alpha value is -1.98. The van der Waals surface area contributed by atoms with E-state index in [2.05, 4.69) is 0 Å². The van der Waals surface area contributed by atoms with Gasteiger partial charge in [0.15, 0.2) is 0 Å². The van der Waals surface area contributed by atoms with Crippen molar-refractivity contribution in [1.29, 1.82) is 0 Å².